The molecule has 0 fully saturated rings. The van der Waals surface area contributed by atoms with Crippen LogP contribution in [0.4, 0.5) is 10.1 Å². The van der Waals surface area contributed by atoms with Gasteiger partial charge in [-0.1, -0.05) is 12.1 Å². The van der Waals surface area contributed by atoms with E-state index < -0.39 is 17.6 Å². The second-order valence-corrected chi connectivity index (χ2v) is 6.42. The van der Waals surface area contributed by atoms with Crippen molar-refractivity contribution >= 4 is 23.1 Å². The summed E-state index contributed by atoms with van der Waals surface area (Å²) in [5.41, 5.74) is 1.51. The Kier molecular flexibility index (Phi) is 6.61. The van der Waals surface area contributed by atoms with Crippen molar-refractivity contribution in [2.75, 3.05) is 32.2 Å². The van der Waals surface area contributed by atoms with Crippen molar-refractivity contribution < 1.29 is 23.5 Å². The maximum atomic E-state index is 13.4. The second-order valence-electron chi connectivity index (χ2n) is 6.42. The maximum Gasteiger partial charge on any atom is 0.278 e. The first-order valence-electron chi connectivity index (χ1n) is 9.40. The smallest absolute Gasteiger partial charge is 0.278 e. The van der Waals surface area contributed by atoms with Crippen molar-refractivity contribution in [2.24, 2.45) is 0 Å². The van der Waals surface area contributed by atoms with E-state index in [1.54, 1.807) is 31.4 Å². The number of halogens is 1. The minimum atomic E-state index is -0.415. The van der Waals surface area contributed by atoms with E-state index in [9.17, 15) is 14.0 Å². The molecule has 3 rings (SSSR count). The van der Waals surface area contributed by atoms with E-state index in [1.807, 2.05) is 6.92 Å². The molecule has 152 valence electrons. The number of methoxy groups -OCH3 is 1. The standard InChI is InChI=1S/C22H23FN2O4/c1-3-29-14-4-13-25-21(26)19(15-5-7-16(23)8-6-15)20(22(25)27)24-17-9-11-18(28-2)12-10-17/h5-12,24H,3-4,13-14H2,1-2H3. The van der Waals surface area contributed by atoms with Gasteiger partial charge in [0.25, 0.3) is 11.8 Å². The molecule has 0 aromatic heterocycles. The molecule has 1 aliphatic heterocycles. The van der Waals surface area contributed by atoms with E-state index in [1.165, 1.54) is 29.2 Å². The Balaban J connectivity index is 1.91. The number of imide groups is 1. The van der Waals surface area contributed by atoms with Crippen LogP contribution in [0.1, 0.15) is 18.9 Å². The van der Waals surface area contributed by atoms with Crippen LogP contribution in [0.3, 0.4) is 0 Å². The summed E-state index contributed by atoms with van der Waals surface area (Å²) in [6.07, 6.45) is 0.540. The summed E-state index contributed by atoms with van der Waals surface area (Å²) in [5.74, 6) is -0.560. The van der Waals surface area contributed by atoms with Crippen LogP contribution in [-0.2, 0) is 14.3 Å². The van der Waals surface area contributed by atoms with Crippen LogP contribution in [0.5, 0.6) is 5.75 Å². The minimum absolute atomic E-state index is 0.170. The van der Waals surface area contributed by atoms with Gasteiger partial charge in [0, 0.05) is 25.4 Å². The van der Waals surface area contributed by atoms with E-state index in [2.05, 4.69) is 5.32 Å². The number of carbonyl (C=O) groups is 2. The average molecular weight is 398 g/mol. The van der Waals surface area contributed by atoms with Crippen molar-refractivity contribution in [3.05, 3.63) is 65.6 Å². The number of rotatable bonds is 9. The fourth-order valence-electron chi connectivity index (χ4n) is 3.07. The number of hydrogen-bond acceptors (Lipinski definition) is 5. The zero-order valence-corrected chi connectivity index (χ0v) is 16.4. The summed E-state index contributed by atoms with van der Waals surface area (Å²) in [6.45, 7) is 3.17. The first kappa shape index (κ1) is 20.5. The molecule has 7 heteroatoms. The number of hydrogen-bond donors (Lipinski definition) is 1. The number of nitrogens with zero attached hydrogens (tertiary/aromatic N) is 1. The van der Waals surface area contributed by atoms with Crippen LogP contribution in [0, 0.1) is 5.82 Å². The number of benzene rings is 2. The molecule has 0 unspecified atom stereocenters. The zero-order valence-electron chi connectivity index (χ0n) is 16.4. The summed E-state index contributed by atoms with van der Waals surface area (Å²) >= 11 is 0. The number of anilines is 1. The predicted molar refractivity (Wildman–Crippen MR) is 108 cm³/mol. The van der Waals surface area contributed by atoms with Crippen molar-refractivity contribution in [1.82, 2.24) is 4.90 Å². The van der Waals surface area contributed by atoms with Gasteiger partial charge >= 0.3 is 0 Å². The van der Waals surface area contributed by atoms with Crippen LogP contribution in [0.15, 0.2) is 54.2 Å². The molecule has 2 amide bonds. The molecule has 1 heterocycles. The Hall–Kier alpha value is -3.19. The van der Waals surface area contributed by atoms with Gasteiger partial charge in [-0.3, -0.25) is 14.5 Å². The summed E-state index contributed by atoms with van der Waals surface area (Å²) in [5, 5.41) is 3.05. The van der Waals surface area contributed by atoms with E-state index in [4.69, 9.17) is 9.47 Å². The average Bonchev–Trinajstić information content (AvgIpc) is 2.96. The Morgan fingerprint density at radius 2 is 1.69 bits per heavy atom. The van der Waals surface area contributed by atoms with Crippen molar-refractivity contribution in [1.29, 1.82) is 0 Å². The highest BCUT2D eigenvalue weighted by molar-refractivity contribution is 6.36. The summed E-state index contributed by atoms with van der Waals surface area (Å²) in [6, 6.07) is 12.5. The Labute approximate surface area is 168 Å². The predicted octanol–water partition coefficient (Wildman–Crippen LogP) is 3.45. The molecule has 0 saturated carbocycles. The molecule has 1 aliphatic rings. The largest absolute Gasteiger partial charge is 0.497 e. The van der Waals surface area contributed by atoms with Crippen LogP contribution < -0.4 is 10.1 Å². The molecular formula is C22H23FN2O4. The Morgan fingerprint density at radius 3 is 2.31 bits per heavy atom. The zero-order chi connectivity index (χ0) is 20.8. The minimum Gasteiger partial charge on any atom is -0.497 e. The molecule has 0 aliphatic carbocycles. The molecule has 29 heavy (non-hydrogen) atoms. The molecule has 0 spiro atoms. The van der Waals surface area contributed by atoms with Crippen LogP contribution in [0.2, 0.25) is 0 Å². The third kappa shape index (κ3) is 4.63. The van der Waals surface area contributed by atoms with Crippen LogP contribution in [0.25, 0.3) is 5.57 Å². The molecule has 0 radical (unpaired) electrons. The fraction of sp³-hybridized carbons (Fsp3) is 0.273. The monoisotopic (exact) mass is 398 g/mol. The summed E-state index contributed by atoms with van der Waals surface area (Å²) in [4.78, 5) is 27.2. The van der Waals surface area contributed by atoms with Gasteiger partial charge in [0.05, 0.1) is 12.7 Å². The Morgan fingerprint density at radius 1 is 1.00 bits per heavy atom. The van der Waals surface area contributed by atoms with E-state index in [0.717, 1.165) is 0 Å². The molecule has 2 aromatic carbocycles. The van der Waals surface area contributed by atoms with E-state index in [-0.39, 0.29) is 17.8 Å². The van der Waals surface area contributed by atoms with Crippen molar-refractivity contribution in [2.45, 2.75) is 13.3 Å². The normalized spacial score (nSPS) is 14.0. The van der Waals surface area contributed by atoms with Crippen molar-refractivity contribution in [3.8, 4) is 5.75 Å². The number of nitrogens with one attached hydrogen (secondary N) is 1. The summed E-state index contributed by atoms with van der Waals surface area (Å²) in [7, 11) is 1.57. The number of amides is 2. The van der Waals surface area contributed by atoms with Crippen molar-refractivity contribution in [3.63, 3.8) is 0 Å². The highest BCUT2D eigenvalue weighted by Crippen LogP contribution is 2.31. The highest BCUT2D eigenvalue weighted by Gasteiger charge is 2.38. The molecule has 0 saturated heterocycles. The lowest BCUT2D eigenvalue weighted by Gasteiger charge is -2.15. The molecule has 6 nitrogen and oxygen atoms in total. The molecule has 0 bridgehead atoms. The fourth-order valence-corrected chi connectivity index (χ4v) is 3.07. The first-order chi connectivity index (χ1) is 14.0. The van der Waals surface area contributed by atoms with Crippen LogP contribution in [-0.4, -0.2) is 43.6 Å². The SMILES string of the molecule is CCOCCCN1C(=O)C(Nc2ccc(OC)cc2)=C(c2ccc(F)cc2)C1=O. The van der Waals surface area contributed by atoms with Gasteiger partial charge in [0.1, 0.15) is 17.3 Å². The third-order valence-corrected chi connectivity index (χ3v) is 4.53. The highest BCUT2D eigenvalue weighted by atomic mass is 19.1. The maximum absolute atomic E-state index is 13.4. The molecule has 0 atom stereocenters. The van der Waals surface area contributed by atoms with Gasteiger partial charge in [0.2, 0.25) is 0 Å². The van der Waals surface area contributed by atoms with E-state index >= 15 is 0 Å². The van der Waals surface area contributed by atoms with Gasteiger partial charge < -0.3 is 14.8 Å². The molecule has 2 aromatic rings. The molecule has 1 N–H and O–H groups in total. The van der Waals surface area contributed by atoms with Gasteiger partial charge in [-0.25, -0.2) is 4.39 Å². The van der Waals surface area contributed by atoms with Gasteiger partial charge in [-0.2, -0.15) is 0 Å². The second kappa shape index (κ2) is 9.34. The topological polar surface area (TPSA) is 67.9 Å². The Bertz CT molecular complexity index is 907. The molecular weight excluding hydrogens is 375 g/mol. The number of carbonyl (C=O) groups excluding carboxylic acids is 2. The van der Waals surface area contributed by atoms with Gasteiger partial charge in [-0.15, -0.1) is 0 Å². The number of ether oxygens (including phenoxy) is 2. The quantitative estimate of drug-likeness (QED) is 0.518. The third-order valence-electron chi connectivity index (χ3n) is 4.53. The first-order valence-corrected chi connectivity index (χ1v) is 9.40. The lowest BCUT2D eigenvalue weighted by atomic mass is 10.0. The van der Waals surface area contributed by atoms with Crippen LogP contribution >= 0.6 is 0 Å². The van der Waals surface area contributed by atoms with E-state index in [0.29, 0.717) is 36.6 Å². The summed E-state index contributed by atoms with van der Waals surface area (Å²) < 4.78 is 23.8. The lowest BCUT2D eigenvalue weighted by molar-refractivity contribution is -0.137. The van der Waals surface area contributed by atoms with Gasteiger partial charge in [0.15, 0.2) is 0 Å². The lowest BCUT2D eigenvalue weighted by Crippen LogP contribution is -2.34. The van der Waals surface area contributed by atoms with Gasteiger partial charge in [-0.05, 0) is 55.3 Å².